The number of carbonyl (C=O) groups is 2. The largest absolute Gasteiger partial charge is 0.497 e. The molecule has 0 bridgehead atoms. The van der Waals surface area contributed by atoms with Gasteiger partial charge in [-0.05, 0) is 23.3 Å². The van der Waals surface area contributed by atoms with Crippen molar-refractivity contribution in [2.45, 2.75) is 19.0 Å². The lowest BCUT2D eigenvalue weighted by molar-refractivity contribution is -0.142. The zero-order valence-corrected chi connectivity index (χ0v) is 21.0. The van der Waals surface area contributed by atoms with E-state index in [1.54, 1.807) is 32.4 Å². The predicted octanol–water partition coefficient (Wildman–Crippen LogP) is 3.48. The van der Waals surface area contributed by atoms with Crippen molar-refractivity contribution in [3.8, 4) is 23.0 Å². The molecule has 3 aromatic carbocycles. The lowest BCUT2D eigenvalue weighted by Gasteiger charge is -2.31. The Hall–Kier alpha value is -4.20. The van der Waals surface area contributed by atoms with Gasteiger partial charge < -0.3 is 29.2 Å². The average molecular weight is 493 g/mol. The molecule has 0 fully saturated rings. The van der Waals surface area contributed by atoms with Crippen molar-refractivity contribution in [3.63, 3.8) is 0 Å². The van der Waals surface area contributed by atoms with Crippen LogP contribution in [0.5, 0.6) is 23.0 Å². The van der Waals surface area contributed by atoms with Gasteiger partial charge >= 0.3 is 0 Å². The van der Waals surface area contributed by atoms with Gasteiger partial charge in [-0.2, -0.15) is 0 Å². The molecule has 0 aliphatic rings. The van der Waals surface area contributed by atoms with E-state index in [9.17, 15) is 9.59 Å². The second kappa shape index (κ2) is 13.0. The molecule has 0 unspecified atom stereocenters. The van der Waals surface area contributed by atoms with Crippen molar-refractivity contribution in [2.24, 2.45) is 0 Å². The number of rotatable bonds is 12. The van der Waals surface area contributed by atoms with E-state index in [1.807, 2.05) is 54.6 Å². The van der Waals surface area contributed by atoms with Crippen molar-refractivity contribution in [1.29, 1.82) is 0 Å². The van der Waals surface area contributed by atoms with E-state index in [4.69, 9.17) is 18.9 Å². The van der Waals surface area contributed by atoms with Gasteiger partial charge in [0.15, 0.2) is 6.61 Å². The van der Waals surface area contributed by atoms with Crippen LogP contribution in [-0.4, -0.2) is 57.7 Å². The van der Waals surface area contributed by atoms with Crippen LogP contribution in [-0.2, 0) is 22.6 Å². The number of nitrogens with one attached hydrogen (secondary N) is 1. The minimum absolute atomic E-state index is 0.200. The molecule has 8 heteroatoms. The first-order chi connectivity index (χ1) is 17.5. The highest BCUT2D eigenvalue weighted by molar-refractivity contribution is 5.88. The molecule has 8 nitrogen and oxygen atoms in total. The number of hydrogen-bond acceptors (Lipinski definition) is 6. The summed E-state index contributed by atoms with van der Waals surface area (Å²) in [7, 11) is 6.22. The molecule has 3 rings (SSSR count). The van der Waals surface area contributed by atoms with Gasteiger partial charge in [-0.3, -0.25) is 9.59 Å². The van der Waals surface area contributed by atoms with Crippen LogP contribution in [0.25, 0.3) is 0 Å². The van der Waals surface area contributed by atoms with Gasteiger partial charge in [0.05, 0.1) is 21.3 Å². The number of methoxy groups -OCH3 is 3. The van der Waals surface area contributed by atoms with Gasteiger partial charge in [0.25, 0.3) is 5.91 Å². The maximum atomic E-state index is 13.6. The summed E-state index contributed by atoms with van der Waals surface area (Å²) in [6, 6.07) is 21.3. The van der Waals surface area contributed by atoms with Crippen molar-refractivity contribution >= 4 is 11.8 Å². The Kier molecular flexibility index (Phi) is 9.56. The summed E-state index contributed by atoms with van der Waals surface area (Å²) in [5, 5.41) is 2.70. The highest BCUT2D eigenvalue weighted by atomic mass is 16.5. The first-order valence-electron chi connectivity index (χ1n) is 11.5. The lowest BCUT2D eigenvalue weighted by Crippen LogP contribution is -2.51. The topological polar surface area (TPSA) is 86.3 Å². The summed E-state index contributed by atoms with van der Waals surface area (Å²) in [4.78, 5) is 28.1. The molecule has 0 heterocycles. The summed E-state index contributed by atoms with van der Waals surface area (Å²) in [5.41, 5.74) is 1.76. The summed E-state index contributed by atoms with van der Waals surface area (Å²) in [5.74, 6) is 1.55. The van der Waals surface area contributed by atoms with E-state index in [2.05, 4.69) is 5.32 Å². The zero-order valence-electron chi connectivity index (χ0n) is 21.0. The predicted molar refractivity (Wildman–Crippen MR) is 137 cm³/mol. The normalized spacial score (nSPS) is 11.2. The van der Waals surface area contributed by atoms with E-state index in [-0.39, 0.29) is 25.0 Å². The Morgan fingerprint density at radius 2 is 1.39 bits per heavy atom. The molecular formula is C28H32N2O6. The fourth-order valence-electron chi connectivity index (χ4n) is 3.78. The zero-order chi connectivity index (χ0) is 25.9. The van der Waals surface area contributed by atoms with Crippen molar-refractivity contribution < 1.29 is 28.5 Å². The molecule has 190 valence electrons. The molecule has 0 saturated heterocycles. The molecule has 0 aliphatic heterocycles. The summed E-state index contributed by atoms with van der Waals surface area (Å²) < 4.78 is 21.7. The number of nitrogens with zero attached hydrogens (tertiary/aromatic N) is 1. The maximum absolute atomic E-state index is 13.6. The van der Waals surface area contributed by atoms with E-state index < -0.39 is 6.04 Å². The second-order valence-corrected chi connectivity index (χ2v) is 8.03. The van der Waals surface area contributed by atoms with Crippen LogP contribution in [0.1, 0.15) is 11.1 Å². The third-order valence-electron chi connectivity index (χ3n) is 5.69. The van der Waals surface area contributed by atoms with Crippen LogP contribution >= 0.6 is 0 Å². The summed E-state index contributed by atoms with van der Waals surface area (Å²) in [6.45, 7) is -0.0751. The average Bonchev–Trinajstić information content (AvgIpc) is 2.93. The Morgan fingerprint density at radius 3 is 2.00 bits per heavy atom. The van der Waals surface area contributed by atoms with Crippen LogP contribution in [0.15, 0.2) is 72.8 Å². The number of ether oxygens (including phenoxy) is 4. The van der Waals surface area contributed by atoms with Crippen molar-refractivity contribution in [2.75, 3.05) is 35.0 Å². The number of benzene rings is 3. The van der Waals surface area contributed by atoms with E-state index in [0.29, 0.717) is 29.4 Å². The minimum atomic E-state index is -0.750. The number of hydrogen-bond donors (Lipinski definition) is 1. The molecule has 0 aliphatic carbocycles. The van der Waals surface area contributed by atoms with Crippen LogP contribution in [0, 0.1) is 0 Å². The number of likely N-dealkylation sites (N-methyl/N-ethyl adjacent to an activating group) is 1. The van der Waals surface area contributed by atoms with Gasteiger partial charge in [0, 0.05) is 38.2 Å². The fourth-order valence-corrected chi connectivity index (χ4v) is 3.78. The second-order valence-electron chi connectivity index (χ2n) is 8.03. The highest BCUT2D eigenvalue weighted by Gasteiger charge is 2.30. The molecule has 2 amide bonds. The maximum Gasteiger partial charge on any atom is 0.261 e. The molecule has 0 saturated carbocycles. The molecule has 1 N–H and O–H groups in total. The lowest BCUT2D eigenvalue weighted by atomic mass is 10.0. The third kappa shape index (κ3) is 7.15. The number of amides is 2. The van der Waals surface area contributed by atoms with Gasteiger partial charge in [0.2, 0.25) is 5.91 Å². The first kappa shape index (κ1) is 26.4. The standard InChI is InChI=1S/C28H32N2O6/c1-29-28(32)26(14-20-9-6-5-7-10-20)30(18-21-11-8-12-22(13-21)33-2)27(31)19-36-25-16-23(34-3)15-24(17-25)35-4/h5-13,15-17,26H,14,18-19H2,1-4H3,(H,29,32)/t26-/m0/s1. The third-order valence-corrected chi connectivity index (χ3v) is 5.69. The molecule has 0 spiro atoms. The Bertz CT molecular complexity index is 1130. The molecule has 36 heavy (non-hydrogen) atoms. The van der Waals surface area contributed by atoms with E-state index in [1.165, 1.54) is 19.1 Å². The Labute approximate surface area is 211 Å². The quantitative estimate of drug-likeness (QED) is 0.417. The summed E-state index contributed by atoms with van der Waals surface area (Å²) >= 11 is 0. The Balaban J connectivity index is 1.90. The van der Waals surface area contributed by atoms with Gasteiger partial charge in [-0.1, -0.05) is 42.5 Å². The smallest absolute Gasteiger partial charge is 0.261 e. The SMILES string of the molecule is CNC(=O)[C@H](Cc1ccccc1)N(Cc1cccc(OC)c1)C(=O)COc1cc(OC)cc(OC)c1. The van der Waals surface area contributed by atoms with Crippen molar-refractivity contribution in [1.82, 2.24) is 10.2 Å². The van der Waals surface area contributed by atoms with Gasteiger partial charge in [0.1, 0.15) is 29.0 Å². The van der Waals surface area contributed by atoms with Gasteiger partial charge in [-0.25, -0.2) is 0 Å². The molecule has 1 atom stereocenters. The van der Waals surface area contributed by atoms with Crippen LogP contribution in [0.3, 0.4) is 0 Å². The van der Waals surface area contributed by atoms with E-state index >= 15 is 0 Å². The Morgan fingerprint density at radius 1 is 0.778 bits per heavy atom. The van der Waals surface area contributed by atoms with Gasteiger partial charge in [-0.15, -0.1) is 0 Å². The summed E-state index contributed by atoms with van der Waals surface area (Å²) in [6.07, 6.45) is 0.350. The fraction of sp³-hybridized carbons (Fsp3) is 0.286. The molecule has 0 aromatic heterocycles. The van der Waals surface area contributed by atoms with E-state index in [0.717, 1.165) is 11.1 Å². The molecular weight excluding hydrogens is 460 g/mol. The van der Waals surface area contributed by atoms with Crippen molar-refractivity contribution in [3.05, 3.63) is 83.9 Å². The minimum Gasteiger partial charge on any atom is -0.497 e. The number of carbonyl (C=O) groups excluding carboxylic acids is 2. The highest BCUT2D eigenvalue weighted by Crippen LogP contribution is 2.27. The first-order valence-corrected chi connectivity index (χ1v) is 11.5. The molecule has 0 radical (unpaired) electrons. The van der Waals surface area contributed by atoms with Crippen LogP contribution in [0.2, 0.25) is 0 Å². The monoisotopic (exact) mass is 492 g/mol. The van der Waals surface area contributed by atoms with Crippen LogP contribution in [0.4, 0.5) is 0 Å². The van der Waals surface area contributed by atoms with Crippen LogP contribution < -0.4 is 24.3 Å². The molecule has 3 aromatic rings.